The minimum absolute atomic E-state index is 0. The molecule has 2 N–H and O–H groups in total. The third-order valence-electron chi connectivity index (χ3n) is 5.60. The van der Waals surface area contributed by atoms with Gasteiger partial charge in [0.1, 0.15) is 0 Å². The first-order valence-electron chi connectivity index (χ1n) is 10.6. The predicted octanol–water partition coefficient (Wildman–Crippen LogP) is 5.58. The summed E-state index contributed by atoms with van der Waals surface area (Å²) >= 11 is 0. The van der Waals surface area contributed by atoms with Crippen molar-refractivity contribution in [2.75, 3.05) is 18.5 Å². The zero-order valence-electron chi connectivity index (χ0n) is 18.3. The van der Waals surface area contributed by atoms with Crippen molar-refractivity contribution in [2.45, 2.75) is 26.8 Å². The van der Waals surface area contributed by atoms with Gasteiger partial charge in [-0.2, -0.15) is 0 Å². The summed E-state index contributed by atoms with van der Waals surface area (Å²) in [5, 5.41) is 12.4. The van der Waals surface area contributed by atoms with Crippen molar-refractivity contribution in [1.29, 1.82) is 0 Å². The molecule has 32 heavy (non-hydrogen) atoms. The first kappa shape index (κ1) is 23.7. The fourth-order valence-corrected chi connectivity index (χ4v) is 3.67. The molecule has 1 aromatic heterocycles. The maximum atomic E-state index is 13.1. The number of aryl methyl sites for hydroxylation is 2. The number of Topliss-reactive ketones (excluding diaryl/α,β-unsaturated/α-hetero) is 1. The number of anilines is 1. The van der Waals surface area contributed by atoms with E-state index < -0.39 is 0 Å². The van der Waals surface area contributed by atoms with Gasteiger partial charge in [-0.05, 0) is 54.7 Å². The molecule has 5 nitrogen and oxygen atoms in total. The van der Waals surface area contributed by atoms with Crippen molar-refractivity contribution in [1.82, 2.24) is 9.55 Å². The number of ketones is 1. The summed E-state index contributed by atoms with van der Waals surface area (Å²) in [6, 6.07) is 22.0. The minimum atomic E-state index is 0. The average molecular weight is 494 g/mol. The number of halogens is 1. The Bertz CT molecular complexity index is 1200. The highest BCUT2D eigenvalue weighted by molar-refractivity contribution is 8.93. The van der Waals surface area contributed by atoms with Gasteiger partial charge in [0.15, 0.2) is 5.78 Å². The Labute approximate surface area is 198 Å². The number of aromatic nitrogens is 2. The van der Waals surface area contributed by atoms with Crippen molar-refractivity contribution < 1.29 is 9.90 Å². The van der Waals surface area contributed by atoms with E-state index in [2.05, 4.69) is 43.4 Å². The highest BCUT2D eigenvalue weighted by Crippen LogP contribution is 2.25. The first-order valence-corrected chi connectivity index (χ1v) is 10.6. The number of aliphatic hydroxyl groups excluding tert-OH is 1. The molecule has 166 valence electrons. The maximum Gasteiger partial charge on any atom is 0.204 e. The first-order chi connectivity index (χ1) is 15.1. The highest BCUT2D eigenvalue weighted by atomic mass is 79.9. The molecule has 0 aliphatic heterocycles. The van der Waals surface area contributed by atoms with Crippen LogP contribution < -0.4 is 5.32 Å². The van der Waals surface area contributed by atoms with Crippen LogP contribution in [-0.2, 0) is 6.54 Å². The van der Waals surface area contributed by atoms with Crippen LogP contribution in [-0.4, -0.2) is 33.6 Å². The summed E-state index contributed by atoms with van der Waals surface area (Å²) in [7, 11) is 0. The second-order valence-corrected chi connectivity index (χ2v) is 7.82. The molecule has 0 aliphatic rings. The van der Waals surface area contributed by atoms with Gasteiger partial charge in [0.05, 0.1) is 17.6 Å². The van der Waals surface area contributed by atoms with Gasteiger partial charge < -0.3 is 15.0 Å². The Balaban J connectivity index is 0.00000289. The number of imidazole rings is 1. The lowest BCUT2D eigenvalue weighted by Gasteiger charge is -2.11. The number of carbonyl (C=O) groups is 1. The molecule has 1 heterocycles. The fraction of sp³-hybridized carbons (Fsp3) is 0.231. The van der Waals surface area contributed by atoms with Gasteiger partial charge >= 0.3 is 0 Å². The molecule has 4 rings (SSSR count). The van der Waals surface area contributed by atoms with Crippen LogP contribution >= 0.6 is 17.0 Å². The van der Waals surface area contributed by atoms with E-state index in [1.54, 1.807) is 0 Å². The summed E-state index contributed by atoms with van der Waals surface area (Å²) in [6.07, 6.45) is 0.621. The van der Waals surface area contributed by atoms with Gasteiger partial charge in [-0.25, -0.2) is 4.98 Å². The quantitative estimate of drug-likeness (QED) is 0.248. The smallest absolute Gasteiger partial charge is 0.204 e. The van der Waals surface area contributed by atoms with Crippen molar-refractivity contribution in [2.24, 2.45) is 0 Å². The van der Waals surface area contributed by atoms with E-state index in [-0.39, 0.29) is 35.9 Å². The van der Waals surface area contributed by atoms with Crippen LogP contribution in [0.25, 0.3) is 22.2 Å². The van der Waals surface area contributed by atoms with Crippen LogP contribution in [0.5, 0.6) is 0 Å². The summed E-state index contributed by atoms with van der Waals surface area (Å²) < 4.78 is 1.94. The van der Waals surface area contributed by atoms with Crippen LogP contribution in [0.2, 0.25) is 0 Å². The van der Waals surface area contributed by atoms with Crippen LogP contribution in [0.1, 0.15) is 27.9 Å². The predicted molar refractivity (Wildman–Crippen MR) is 136 cm³/mol. The van der Waals surface area contributed by atoms with E-state index in [0.717, 1.165) is 27.7 Å². The normalized spacial score (nSPS) is 10.7. The Kier molecular flexibility index (Phi) is 7.83. The van der Waals surface area contributed by atoms with Gasteiger partial charge in [0.25, 0.3) is 0 Å². The zero-order chi connectivity index (χ0) is 21.8. The number of fused-ring (bicyclic) bond motifs is 1. The van der Waals surface area contributed by atoms with Gasteiger partial charge in [-0.1, -0.05) is 54.6 Å². The largest absolute Gasteiger partial charge is 0.396 e. The van der Waals surface area contributed by atoms with Crippen LogP contribution in [0.4, 0.5) is 5.95 Å². The average Bonchev–Trinajstić information content (AvgIpc) is 3.11. The Morgan fingerprint density at radius 3 is 2.31 bits per heavy atom. The van der Waals surface area contributed by atoms with Crippen LogP contribution in [0, 0.1) is 13.8 Å². The number of hydrogen-bond acceptors (Lipinski definition) is 4. The van der Waals surface area contributed by atoms with Crippen molar-refractivity contribution in [3.63, 3.8) is 0 Å². The van der Waals surface area contributed by atoms with E-state index in [4.69, 9.17) is 10.1 Å². The molecule has 0 saturated carbocycles. The van der Waals surface area contributed by atoms with Gasteiger partial charge in [0, 0.05) is 18.7 Å². The lowest BCUT2D eigenvalue weighted by Crippen LogP contribution is -2.15. The number of nitrogens with one attached hydrogen (secondary N) is 1. The molecule has 0 saturated heterocycles. The molecule has 4 aromatic rings. The molecule has 6 heteroatoms. The summed E-state index contributed by atoms with van der Waals surface area (Å²) in [5.74, 6) is 0.685. The fourth-order valence-electron chi connectivity index (χ4n) is 3.67. The zero-order valence-corrected chi connectivity index (χ0v) is 20.1. The van der Waals surface area contributed by atoms with Gasteiger partial charge in [-0.15, -0.1) is 17.0 Å². The summed E-state index contributed by atoms with van der Waals surface area (Å²) in [4.78, 5) is 17.8. The van der Waals surface area contributed by atoms with E-state index >= 15 is 0 Å². The third-order valence-corrected chi connectivity index (χ3v) is 5.60. The third kappa shape index (κ3) is 5.09. The number of carbonyl (C=O) groups excluding carboxylic acids is 1. The molecule has 0 radical (unpaired) electrons. The minimum Gasteiger partial charge on any atom is -0.396 e. The molecule has 3 aromatic carbocycles. The number of aliphatic hydroxyl groups is 1. The van der Waals surface area contributed by atoms with Crippen molar-refractivity contribution >= 4 is 39.7 Å². The molecule has 0 fully saturated rings. The van der Waals surface area contributed by atoms with Gasteiger partial charge in [0.2, 0.25) is 5.95 Å². The molecule has 0 atom stereocenters. The lowest BCUT2D eigenvalue weighted by atomic mass is 10.0. The molecular weight excluding hydrogens is 466 g/mol. The number of rotatable bonds is 8. The second-order valence-electron chi connectivity index (χ2n) is 7.82. The molecule has 0 unspecified atom stereocenters. The Hall–Kier alpha value is -2.96. The highest BCUT2D eigenvalue weighted by Gasteiger charge is 2.16. The van der Waals surface area contributed by atoms with Crippen LogP contribution in [0.3, 0.4) is 0 Å². The molecule has 0 bridgehead atoms. The van der Waals surface area contributed by atoms with E-state index in [1.165, 1.54) is 5.56 Å². The second kappa shape index (κ2) is 10.6. The van der Waals surface area contributed by atoms with Crippen LogP contribution in [0.15, 0.2) is 66.7 Å². The molecular formula is C26H28BrN3O2. The lowest BCUT2D eigenvalue weighted by molar-refractivity contribution is 0.0974. The van der Waals surface area contributed by atoms with E-state index in [0.29, 0.717) is 24.5 Å². The standard InChI is InChI=1S/C26H27N3O2.BrH/c1-18-15-23-24(16-19(18)2)29(26(28-23)27-13-6-14-30)17-25(31)22-11-9-21(10-12-22)20-7-4-3-5-8-20;/h3-5,7-12,15-16,30H,6,13-14,17H2,1-2H3,(H,27,28);1H. The number of nitrogens with zero attached hydrogens (tertiary/aromatic N) is 2. The maximum absolute atomic E-state index is 13.1. The SMILES string of the molecule is Br.Cc1cc2nc(NCCCO)n(CC(=O)c3ccc(-c4ccccc4)cc3)c2cc1C. The topological polar surface area (TPSA) is 67.2 Å². The Morgan fingerprint density at radius 2 is 1.62 bits per heavy atom. The number of hydrogen-bond donors (Lipinski definition) is 2. The molecule has 0 amide bonds. The monoisotopic (exact) mass is 493 g/mol. The summed E-state index contributed by atoms with van der Waals surface area (Å²) in [5.41, 5.74) is 7.01. The molecule has 0 spiro atoms. The van der Waals surface area contributed by atoms with Gasteiger partial charge in [-0.3, -0.25) is 4.79 Å². The van der Waals surface area contributed by atoms with Crippen molar-refractivity contribution in [3.8, 4) is 11.1 Å². The molecule has 0 aliphatic carbocycles. The van der Waals surface area contributed by atoms with E-state index in [1.807, 2.05) is 47.0 Å². The van der Waals surface area contributed by atoms with Crippen molar-refractivity contribution in [3.05, 3.63) is 83.4 Å². The Morgan fingerprint density at radius 1 is 0.969 bits per heavy atom. The number of benzene rings is 3. The summed E-state index contributed by atoms with van der Waals surface area (Å²) in [6.45, 7) is 5.03. The van der Waals surface area contributed by atoms with E-state index in [9.17, 15) is 4.79 Å².